The van der Waals surface area contributed by atoms with Crippen molar-refractivity contribution in [1.82, 2.24) is 9.80 Å². The number of rotatable bonds is 3. The Morgan fingerprint density at radius 1 is 1.04 bits per heavy atom. The van der Waals surface area contributed by atoms with E-state index in [4.69, 9.17) is 0 Å². The fraction of sp³-hybridized carbons (Fsp3) is 0.647. The number of piperazine rings is 1. The van der Waals surface area contributed by atoms with E-state index in [-0.39, 0.29) is 22.6 Å². The smallest absolute Gasteiger partial charge is 0.264 e. The van der Waals surface area contributed by atoms with Gasteiger partial charge in [0.15, 0.2) is 9.84 Å². The zero-order valence-corrected chi connectivity index (χ0v) is 16.1. The van der Waals surface area contributed by atoms with Crippen LogP contribution in [0.1, 0.15) is 41.8 Å². The molecule has 3 rings (SSSR count). The normalized spacial score (nSPS) is 19.9. The van der Waals surface area contributed by atoms with Crippen molar-refractivity contribution in [2.75, 3.05) is 32.4 Å². The molecular weight excluding hydrogens is 360 g/mol. The minimum absolute atomic E-state index is 0.148. The number of sulfone groups is 1. The number of carbonyl (C=O) groups is 2. The van der Waals surface area contributed by atoms with Crippen molar-refractivity contribution in [2.45, 2.75) is 37.0 Å². The molecule has 1 saturated heterocycles. The Kier molecular flexibility index (Phi) is 5.48. The number of thiophene rings is 1. The standard InChI is InChI=1S/C17H24N2O4S2/c1-25(22,23)14-11-15(24-12-14)17(21)19-9-7-18(8-10-19)16(20)13-5-3-2-4-6-13/h11-13H,2-10H2,1H3. The van der Waals surface area contributed by atoms with Crippen molar-refractivity contribution in [3.8, 4) is 0 Å². The number of hydrogen-bond acceptors (Lipinski definition) is 5. The lowest BCUT2D eigenvalue weighted by molar-refractivity contribution is -0.138. The van der Waals surface area contributed by atoms with Crippen LogP contribution in [0.4, 0.5) is 0 Å². The Labute approximate surface area is 152 Å². The molecule has 0 spiro atoms. The molecule has 25 heavy (non-hydrogen) atoms. The van der Waals surface area contributed by atoms with Gasteiger partial charge in [-0.3, -0.25) is 9.59 Å². The maximum absolute atomic E-state index is 12.6. The van der Waals surface area contributed by atoms with Gasteiger partial charge in [-0.2, -0.15) is 0 Å². The van der Waals surface area contributed by atoms with Crippen LogP contribution in [0.2, 0.25) is 0 Å². The van der Waals surface area contributed by atoms with Gasteiger partial charge < -0.3 is 9.80 Å². The van der Waals surface area contributed by atoms with Gasteiger partial charge in [-0.25, -0.2) is 8.42 Å². The molecule has 1 aliphatic carbocycles. The molecule has 1 saturated carbocycles. The molecule has 2 aliphatic rings. The van der Waals surface area contributed by atoms with E-state index >= 15 is 0 Å². The Morgan fingerprint density at radius 3 is 2.20 bits per heavy atom. The van der Waals surface area contributed by atoms with E-state index in [1.54, 1.807) is 4.90 Å². The molecule has 0 N–H and O–H groups in total. The van der Waals surface area contributed by atoms with Crippen LogP contribution in [0, 0.1) is 5.92 Å². The van der Waals surface area contributed by atoms with E-state index in [2.05, 4.69) is 0 Å². The predicted molar refractivity (Wildman–Crippen MR) is 96.5 cm³/mol. The Morgan fingerprint density at radius 2 is 1.64 bits per heavy atom. The minimum atomic E-state index is -3.29. The number of carbonyl (C=O) groups excluding carboxylic acids is 2. The third-order valence-electron chi connectivity index (χ3n) is 5.05. The number of nitrogens with zero attached hydrogens (tertiary/aromatic N) is 2. The summed E-state index contributed by atoms with van der Waals surface area (Å²) >= 11 is 1.16. The van der Waals surface area contributed by atoms with E-state index in [9.17, 15) is 18.0 Å². The van der Waals surface area contributed by atoms with Crippen LogP contribution in [0.3, 0.4) is 0 Å². The van der Waals surface area contributed by atoms with Crippen molar-refractivity contribution in [2.24, 2.45) is 5.92 Å². The third kappa shape index (κ3) is 4.23. The predicted octanol–water partition coefficient (Wildman–Crippen LogP) is 2.02. The van der Waals surface area contributed by atoms with Crippen LogP contribution in [-0.4, -0.2) is 62.5 Å². The van der Waals surface area contributed by atoms with Gasteiger partial charge in [0.1, 0.15) is 0 Å². The van der Waals surface area contributed by atoms with Gasteiger partial charge in [0, 0.05) is 43.7 Å². The highest BCUT2D eigenvalue weighted by Crippen LogP contribution is 2.26. The summed E-state index contributed by atoms with van der Waals surface area (Å²) in [5.74, 6) is 0.248. The van der Waals surface area contributed by atoms with E-state index < -0.39 is 9.84 Å². The van der Waals surface area contributed by atoms with Gasteiger partial charge in [-0.15, -0.1) is 11.3 Å². The van der Waals surface area contributed by atoms with Gasteiger partial charge in [0.2, 0.25) is 5.91 Å². The third-order valence-corrected chi connectivity index (χ3v) is 7.21. The van der Waals surface area contributed by atoms with Crippen LogP contribution in [0.5, 0.6) is 0 Å². The second-order valence-corrected chi connectivity index (χ2v) is 9.80. The van der Waals surface area contributed by atoms with Crippen molar-refractivity contribution in [3.63, 3.8) is 0 Å². The highest BCUT2D eigenvalue weighted by atomic mass is 32.2. The van der Waals surface area contributed by atoms with Crippen LogP contribution >= 0.6 is 11.3 Å². The van der Waals surface area contributed by atoms with Gasteiger partial charge in [0.05, 0.1) is 9.77 Å². The summed E-state index contributed by atoms with van der Waals surface area (Å²) in [5, 5.41) is 1.51. The molecule has 138 valence electrons. The maximum atomic E-state index is 12.6. The number of amides is 2. The number of hydrogen-bond donors (Lipinski definition) is 0. The van der Waals surface area contributed by atoms with E-state index in [1.807, 2.05) is 4.90 Å². The monoisotopic (exact) mass is 384 g/mol. The highest BCUT2D eigenvalue weighted by Gasteiger charge is 2.30. The molecule has 1 aromatic rings. The zero-order chi connectivity index (χ0) is 18.0. The van der Waals surface area contributed by atoms with Crippen LogP contribution < -0.4 is 0 Å². The molecule has 0 aromatic carbocycles. The quantitative estimate of drug-likeness (QED) is 0.799. The summed E-state index contributed by atoms with van der Waals surface area (Å²) in [4.78, 5) is 29.3. The molecule has 0 unspecified atom stereocenters. The van der Waals surface area contributed by atoms with Crippen molar-refractivity contribution in [3.05, 3.63) is 16.3 Å². The molecule has 0 radical (unpaired) electrons. The summed E-state index contributed by atoms with van der Waals surface area (Å²) in [6.45, 7) is 2.13. The average molecular weight is 385 g/mol. The zero-order valence-electron chi connectivity index (χ0n) is 14.4. The molecule has 0 atom stereocenters. The summed E-state index contributed by atoms with van der Waals surface area (Å²) < 4.78 is 23.1. The van der Waals surface area contributed by atoms with Crippen LogP contribution in [0.25, 0.3) is 0 Å². The molecule has 2 fully saturated rings. The van der Waals surface area contributed by atoms with Gasteiger partial charge in [-0.05, 0) is 18.9 Å². The van der Waals surface area contributed by atoms with Gasteiger partial charge >= 0.3 is 0 Å². The summed E-state index contributed by atoms with van der Waals surface area (Å²) in [6, 6.07) is 1.45. The van der Waals surface area contributed by atoms with E-state index in [1.165, 1.54) is 17.9 Å². The average Bonchev–Trinajstić information content (AvgIpc) is 3.12. The Bertz CT molecular complexity index is 742. The van der Waals surface area contributed by atoms with Crippen LogP contribution in [0.15, 0.2) is 16.3 Å². The van der Waals surface area contributed by atoms with Gasteiger partial charge in [-0.1, -0.05) is 19.3 Å². The first-order chi connectivity index (χ1) is 11.9. The van der Waals surface area contributed by atoms with Crippen molar-refractivity contribution in [1.29, 1.82) is 0 Å². The summed E-state index contributed by atoms with van der Waals surface area (Å²) in [7, 11) is -3.29. The Hall–Kier alpha value is -1.41. The maximum Gasteiger partial charge on any atom is 0.264 e. The van der Waals surface area contributed by atoms with Crippen molar-refractivity contribution < 1.29 is 18.0 Å². The molecule has 1 aromatic heterocycles. The fourth-order valence-corrected chi connectivity index (χ4v) is 5.51. The molecule has 2 heterocycles. The molecule has 1 aliphatic heterocycles. The molecular formula is C17H24N2O4S2. The fourth-order valence-electron chi connectivity index (χ4n) is 3.52. The first kappa shape index (κ1) is 18.4. The second kappa shape index (κ2) is 7.45. The summed E-state index contributed by atoms with van der Waals surface area (Å²) in [6.07, 6.45) is 6.61. The molecule has 0 bridgehead atoms. The molecule has 2 amide bonds. The topological polar surface area (TPSA) is 74.8 Å². The highest BCUT2D eigenvalue weighted by molar-refractivity contribution is 7.90. The lowest BCUT2D eigenvalue weighted by Gasteiger charge is -2.37. The lowest BCUT2D eigenvalue weighted by atomic mass is 9.88. The first-order valence-electron chi connectivity index (χ1n) is 8.73. The lowest BCUT2D eigenvalue weighted by Crippen LogP contribution is -2.52. The molecule has 8 heteroatoms. The minimum Gasteiger partial charge on any atom is -0.339 e. The SMILES string of the molecule is CS(=O)(=O)c1csc(C(=O)N2CCN(C(=O)C3CCCCC3)CC2)c1. The van der Waals surface area contributed by atoms with Gasteiger partial charge in [0.25, 0.3) is 5.91 Å². The van der Waals surface area contributed by atoms with Crippen LogP contribution in [-0.2, 0) is 14.6 Å². The summed E-state index contributed by atoms with van der Waals surface area (Å²) in [5.41, 5.74) is 0. The second-order valence-electron chi connectivity index (χ2n) is 6.87. The van der Waals surface area contributed by atoms with E-state index in [0.717, 1.165) is 43.3 Å². The Balaban J connectivity index is 1.57. The first-order valence-corrected chi connectivity index (χ1v) is 11.5. The van der Waals surface area contributed by atoms with E-state index in [0.29, 0.717) is 31.1 Å². The molecule has 6 nitrogen and oxygen atoms in total. The largest absolute Gasteiger partial charge is 0.339 e. The van der Waals surface area contributed by atoms with Crippen molar-refractivity contribution >= 4 is 33.0 Å².